The predicted molar refractivity (Wildman–Crippen MR) is 111 cm³/mol. The number of ether oxygens (including phenoxy) is 1. The van der Waals surface area contributed by atoms with Crippen LogP contribution in [0.15, 0.2) is 53.4 Å². The summed E-state index contributed by atoms with van der Waals surface area (Å²) >= 11 is 0. The number of carbonyl (C=O) groups is 1. The average Bonchev–Trinajstić information content (AvgIpc) is 3.51. The molecule has 4 N–H and O–H groups in total. The van der Waals surface area contributed by atoms with E-state index in [4.69, 9.17) is 10.5 Å². The minimum Gasteiger partial charge on any atom is -0.497 e. The second-order valence-corrected chi connectivity index (χ2v) is 8.20. The number of benzene rings is 2. The van der Waals surface area contributed by atoms with E-state index in [0.29, 0.717) is 23.9 Å². The fraction of sp³-hybridized carbons (Fsp3) is 0.316. The Kier molecular flexibility index (Phi) is 7.29. The highest BCUT2D eigenvalue weighted by atomic mass is 35.5. The molecule has 0 aromatic heterocycles. The van der Waals surface area contributed by atoms with E-state index in [1.54, 1.807) is 36.4 Å². The summed E-state index contributed by atoms with van der Waals surface area (Å²) in [7, 11) is -2.29. The number of amides is 1. The number of hydrogen-bond donors (Lipinski definition) is 3. The molecule has 0 heterocycles. The van der Waals surface area contributed by atoms with Crippen LogP contribution in [0.2, 0.25) is 0 Å². The number of sulfonamides is 1. The first-order valence-electron chi connectivity index (χ1n) is 8.71. The molecule has 1 amide bonds. The van der Waals surface area contributed by atoms with E-state index in [1.165, 1.54) is 19.2 Å². The zero-order valence-corrected chi connectivity index (χ0v) is 17.1. The molecule has 7 nitrogen and oxygen atoms in total. The van der Waals surface area contributed by atoms with Gasteiger partial charge in [0.1, 0.15) is 5.75 Å². The van der Waals surface area contributed by atoms with Crippen molar-refractivity contribution in [2.45, 2.75) is 23.8 Å². The number of hydrogen-bond acceptors (Lipinski definition) is 5. The first-order valence-corrected chi connectivity index (χ1v) is 10.2. The quantitative estimate of drug-likeness (QED) is 0.601. The number of carbonyl (C=O) groups excluding carboxylic acids is 1. The van der Waals surface area contributed by atoms with Gasteiger partial charge in [-0.25, -0.2) is 8.42 Å². The summed E-state index contributed by atoms with van der Waals surface area (Å²) in [6.07, 6.45) is 2.12. The van der Waals surface area contributed by atoms with Crippen molar-refractivity contribution >= 4 is 34.0 Å². The summed E-state index contributed by atoms with van der Waals surface area (Å²) in [4.78, 5) is 12.5. The standard InChI is InChI=1S/C19H23N3O4S.ClH/c1-26-16-9-7-15(8-10-16)22-27(24,25)17-4-2-3-14(11-17)19(23)21-18(12-20)13-5-6-13;/h2-4,7-11,13,18,22H,5-6,12,20H2,1H3,(H,21,23);1H. The topological polar surface area (TPSA) is 111 Å². The van der Waals surface area contributed by atoms with Crippen molar-refractivity contribution in [2.24, 2.45) is 11.7 Å². The number of nitrogens with one attached hydrogen (secondary N) is 2. The van der Waals surface area contributed by atoms with E-state index in [-0.39, 0.29) is 34.8 Å². The van der Waals surface area contributed by atoms with Crippen molar-refractivity contribution in [3.63, 3.8) is 0 Å². The predicted octanol–water partition coefficient (Wildman–Crippen LogP) is 2.38. The first kappa shape index (κ1) is 22.0. The van der Waals surface area contributed by atoms with Crippen LogP contribution in [0.1, 0.15) is 23.2 Å². The van der Waals surface area contributed by atoms with Gasteiger partial charge < -0.3 is 15.8 Å². The third-order valence-corrected chi connectivity index (χ3v) is 5.89. The van der Waals surface area contributed by atoms with Gasteiger partial charge in [0.2, 0.25) is 0 Å². The van der Waals surface area contributed by atoms with E-state index in [2.05, 4.69) is 10.0 Å². The van der Waals surface area contributed by atoms with Gasteiger partial charge in [0.25, 0.3) is 15.9 Å². The lowest BCUT2D eigenvalue weighted by atomic mass is 10.1. The van der Waals surface area contributed by atoms with Crippen LogP contribution in [-0.4, -0.2) is 34.0 Å². The van der Waals surface area contributed by atoms with Crippen molar-refractivity contribution < 1.29 is 17.9 Å². The highest BCUT2D eigenvalue weighted by Gasteiger charge is 2.31. The van der Waals surface area contributed by atoms with Gasteiger partial charge in [-0.15, -0.1) is 12.4 Å². The van der Waals surface area contributed by atoms with Crippen molar-refractivity contribution in [2.75, 3.05) is 18.4 Å². The molecule has 1 fully saturated rings. The molecular weight excluding hydrogens is 402 g/mol. The molecule has 0 aliphatic heterocycles. The van der Waals surface area contributed by atoms with Crippen molar-refractivity contribution in [1.29, 1.82) is 0 Å². The minimum absolute atomic E-state index is 0. The lowest BCUT2D eigenvalue weighted by Gasteiger charge is -2.16. The van der Waals surface area contributed by atoms with Crippen LogP contribution in [0.25, 0.3) is 0 Å². The molecule has 3 rings (SSSR count). The molecule has 0 saturated heterocycles. The van der Waals surface area contributed by atoms with Crippen LogP contribution < -0.4 is 20.5 Å². The third-order valence-electron chi connectivity index (χ3n) is 4.51. The van der Waals surface area contributed by atoms with Crippen molar-refractivity contribution in [3.05, 3.63) is 54.1 Å². The first-order chi connectivity index (χ1) is 12.9. The van der Waals surface area contributed by atoms with Gasteiger partial charge in [0.05, 0.1) is 12.0 Å². The number of methoxy groups -OCH3 is 1. The Morgan fingerprint density at radius 2 is 1.89 bits per heavy atom. The van der Waals surface area contributed by atoms with Gasteiger partial charge in [-0.3, -0.25) is 9.52 Å². The maximum atomic E-state index is 12.6. The second kappa shape index (κ2) is 9.27. The molecule has 1 aliphatic carbocycles. The number of anilines is 1. The largest absolute Gasteiger partial charge is 0.497 e. The molecule has 1 atom stereocenters. The Labute approximate surface area is 171 Å². The SMILES string of the molecule is COc1ccc(NS(=O)(=O)c2cccc(C(=O)NC(CN)C3CC3)c2)cc1.Cl. The van der Waals surface area contributed by atoms with Crippen LogP contribution >= 0.6 is 12.4 Å². The fourth-order valence-electron chi connectivity index (χ4n) is 2.80. The van der Waals surface area contributed by atoms with Gasteiger partial charge in [-0.1, -0.05) is 6.07 Å². The molecule has 28 heavy (non-hydrogen) atoms. The van der Waals surface area contributed by atoms with Gasteiger partial charge in [0.15, 0.2) is 0 Å². The van der Waals surface area contributed by atoms with Crippen LogP contribution in [0.3, 0.4) is 0 Å². The molecule has 0 spiro atoms. The van der Waals surface area contributed by atoms with E-state index in [9.17, 15) is 13.2 Å². The molecule has 0 bridgehead atoms. The monoisotopic (exact) mass is 425 g/mol. The van der Waals surface area contributed by atoms with E-state index in [1.807, 2.05) is 0 Å². The minimum atomic E-state index is -3.82. The van der Waals surface area contributed by atoms with Crippen LogP contribution in [0.5, 0.6) is 5.75 Å². The molecular formula is C19H24ClN3O4S. The normalized spacial score (nSPS) is 14.5. The number of halogens is 1. The summed E-state index contributed by atoms with van der Waals surface area (Å²) in [6.45, 7) is 0.368. The summed E-state index contributed by atoms with van der Waals surface area (Å²) in [5.41, 5.74) is 6.41. The fourth-order valence-corrected chi connectivity index (χ4v) is 3.90. The molecule has 152 valence electrons. The molecule has 2 aromatic carbocycles. The van der Waals surface area contributed by atoms with Crippen molar-refractivity contribution in [1.82, 2.24) is 5.32 Å². The van der Waals surface area contributed by atoms with Gasteiger partial charge in [0, 0.05) is 23.8 Å². The maximum Gasteiger partial charge on any atom is 0.261 e. The molecule has 1 unspecified atom stereocenters. The van der Waals surface area contributed by atoms with Gasteiger partial charge >= 0.3 is 0 Å². The number of nitrogens with two attached hydrogens (primary N) is 1. The van der Waals surface area contributed by atoms with E-state index < -0.39 is 10.0 Å². The maximum absolute atomic E-state index is 12.6. The number of rotatable bonds is 8. The summed E-state index contributed by atoms with van der Waals surface area (Å²) in [5, 5.41) is 2.89. The van der Waals surface area contributed by atoms with Crippen LogP contribution in [0.4, 0.5) is 5.69 Å². The summed E-state index contributed by atoms with van der Waals surface area (Å²) < 4.78 is 32.8. The Bertz CT molecular complexity index is 915. The van der Waals surface area contributed by atoms with Crippen LogP contribution in [0, 0.1) is 5.92 Å². The average molecular weight is 426 g/mol. The molecule has 1 aliphatic rings. The van der Waals surface area contributed by atoms with E-state index >= 15 is 0 Å². The zero-order valence-electron chi connectivity index (χ0n) is 15.4. The smallest absolute Gasteiger partial charge is 0.261 e. The van der Waals surface area contributed by atoms with Crippen molar-refractivity contribution in [3.8, 4) is 5.75 Å². The Morgan fingerprint density at radius 3 is 2.46 bits per heavy atom. The molecule has 2 aromatic rings. The lowest BCUT2D eigenvalue weighted by molar-refractivity contribution is 0.0933. The summed E-state index contributed by atoms with van der Waals surface area (Å²) in [5.74, 6) is 0.725. The summed E-state index contributed by atoms with van der Waals surface area (Å²) in [6, 6.07) is 12.4. The molecule has 0 radical (unpaired) electrons. The zero-order chi connectivity index (χ0) is 19.4. The third kappa shape index (κ3) is 5.37. The molecule has 9 heteroatoms. The van der Waals surface area contributed by atoms with Crippen LogP contribution in [-0.2, 0) is 10.0 Å². The second-order valence-electron chi connectivity index (χ2n) is 6.51. The van der Waals surface area contributed by atoms with Gasteiger partial charge in [-0.2, -0.15) is 0 Å². The van der Waals surface area contributed by atoms with Gasteiger partial charge in [-0.05, 0) is 61.2 Å². The Morgan fingerprint density at radius 1 is 1.21 bits per heavy atom. The van der Waals surface area contributed by atoms with E-state index in [0.717, 1.165) is 12.8 Å². The Hall–Kier alpha value is -2.29. The lowest BCUT2D eigenvalue weighted by Crippen LogP contribution is -2.41. The highest BCUT2D eigenvalue weighted by molar-refractivity contribution is 7.92. The highest BCUT2D eigenvalue weighted by Crippen LogP contribution is 2.32. The molecule has 1 saturated carbocycles. The Balaban J connectivity index is 0.00000280.